The van der Waals surface area contributed by atoms with Gasteiger partial charge in [-0.1, -0.05) is 0 Å². The maximum atomic E-state index is 10.9. The summed E-state index contributed by atoms with van der Waals surface area (Å²) >= 11 is -0.998. The molecule has 2 amide bonds. The zero-order valence-corrected chi connectivity index (χ0v) is 7.62. The molecule has 1 aliphatic rings. The third-order valence-corrected chi connectivity index (χ3v) is 3.03. The van der Waals surface area contributed by atoms with Crippen molar-refractivity contribution >= 4 is 35.0 Å². The van der Waals surface area contributed by atoms with Gasteiger partial charge in [0.05, 0.1) is 0 Å². The van der Waals surface area contributed by atoms with E-state index in [9.17, 15) is 19.2 Å². The van der Waals surface area contributed by atoms with Crippen LogP contribution in [-0.4, -0.2) is 40.4 Å². The smallest absolute Gasteiger partial charge is 0.280 e. The van der Waals surface area contributed by atoms with Crippen LogP contribution in [0.15, 0.2) is 0 Å². The Bertz CT molecular complexity index is 262. The molecule has 0 aromatic heterocycles. The number of imide groups is 1. The summed E-state index contributed by atoms with van der Waals surface area (Å²) in [6.45, 7) is 0.199. The first-order valence-corrected chi connectivity index (χ1v) is 5.14. The van der Waals surface area contributed by atoms with Gasteiger partial charge in [-0.15, -0.1) is 0 Å². The molecule has 1 radical (unpaired) electrons. The number of nitrogens with zero attached hydrogens (tertiary/aromatic N) is 1. The first-order valence-electron chi connectivity index (χ1n) is 3.43. The second-order valence-corrected chi connectivity index (χ2v) is 4.24. The molecule has 1 aliphatic heterocycles. The topological polar surface area (TPSA) is 71.5 Å². The van der Waals surface area contributed by atoms with Crippen LogP contribution in [0.2, 0.25) is 0 Å². The Labute approximate surface area is 72.1 Å². The second-order valence-electron chi connectivity index (χ2n) is 2.39. The van der Waals surface area contributed by atoms with Gasteiger partial charge in [-0.05, 0) is 5.75 Å². The van der Waals surface area contributed by atoms with Crippen molar-refractivity contribution in [2.75, 3.05) is 12.3 Å². The number of amides is 2. The van der Waals surface area contributed by atoms with Crippen LogP contribution in [0.5, 0.6) is 0 Å². The van der Waals surface area contributed by atoms with Crippen LogP contribution >= 0.6 is 11.8 Å². The lowest BCUT2D eigenvalue weighted by Crippen LogP contribution is -2.45. The van der Waals surface area contributed by atoms with Gasteiger partial charge < -0.3 is 0 Å². The fourth-order valence-electron chi connectivity index (χ4n) is 1.01. The molecule has 6 heteroatoms. The molecule has 0 atom stereocenters. The van der Waals surface area contributed by atoms with Crippen molar-refractivity contribution in [2.45, 2.75) is 0 Å². The minimum Gasteiger partial charge on any atom is -0.280 e. The van der Waals surface area contributed by atoms with Crippen LogP contribution in [0.1, 0.15) is 0 Å². The zero-order chi connectivity index (χ0) is 9.14. The number of carbonyl (C=O) groups is 3. The van der Waals surface area contributed by atoms with Crippen molar-refractivity contribution in [1.82, 2.24) is 4.90 Å². The van der Waals surface area contributed by atoms with E-state index >= 15 is 0 Å². The fourth-order valence-corrected chi connectivity index (χ4v) is 2.21. The Morgan fingerprint density at radius 1 is 1.50 bits per heavy atom. The van der Waals surface area contributed by atoms with Gasteiger partial charge in [0.2, 0.25) is 5.12 Å². The third kappa shape index (κ3) is 1.53. The maximum Gasteiger partial charge on any atom is 0.305 e. The molecule has 0 saturated carbocycles. The molecule has 0 spiro atoms. The highest BCUT2D eigenvalue weighted by atomic mass is 32.2. The quantitative estimate of drug-likeness (QED) is 0.434. The molecule has 0 aromatic carbocycles. The Morgan fingerprint density at radius 3 is 2.75 bits per heavy atom. The Balaban J connectivity index is 2.77. The standard InChI is InChI=1S/C6H8NO4S/c8-3-4(9)7-1-2-12-6(11)5(7)10/h1-2H2,12H4. The molecule has 12 heavy (non-hydrogen) atoms. The van der Waals surface area contributed by atoms with E-state index in [0.717, 1.165) is 6.29 Å². The molecular formula is C6H8NO4S. The highest BCUT2D eigenvalue weighted by Crippen LogP contribution is 2.12. The molecular weight excluding hydrogens is 182 g/mol. The van der Waals surface area contributed by atoms with Gasteiger partial charge in [0.15, 0.2) is 0 Å². The summed E-state index contributed by atoms with van der Waals surface area (Å²) < 4.78 is 0. The Hall–Kier alpha value is -1.17. The van der Waals surface area contributed by atoms with Gasteiger partial charge in [0.1, 0.15) is 0 Å². The maximum absolute atomic E-state index is 10.9. The molecule has 67 valence electrons. The highest BCUT2D eigenvalue weighted by molar-refractivity contribution is 8.15. The highest BCUT2D eigenvalue weighted by Gasteiger charge is 2.29. The van der Waals surface area contributed by atoms with Gasteiger partial charge >= 0.3 is 11.8 Å². The average Bonchev–Trinajstić information content (AvgIpc) is 2.08. The number of rotatable bonds is 1. The van der Waals surface area contributed by atoms with Crippen molar-refractivity contribution in [3.05, 3.63) is 0 Å². The monoisotopic (exact) mass is 190 g/mol. The Morgan fingerprint density at radius 2 is 2.17 bits per heavy atom. The lowest BCUT2D eigenvalue weighted by Gasteiger charge is -2.22. The summed E-state index contributed by atoms with van der Waals surface area (Å²) in [6.07, 6.45) is 1.07. The predicted molar refractivity (Wildman–Crippen MR) is 45.5 cm³/mol. The lowest BCUT2D eigenvalue weighted by atomic mass is 10.4. The van der Waals surface area contributed by atoms with Crippen LogP contribution < -0.4 is 0 Å². The summed E-state index contributed by atoms with van der Waals surface area (Å²) in [5.74, 6) is -1.30. The molecule has 1 rings (SSSR count). The van der Waals surface area contributed by atoms with Crippen molar-refractivity contribution in [1.29, 1.82) is 0 Å². The van der Waals surface area contributed by atoms with Crippen molar-refractivity contribution in [3.63, 3.8) is 0 Å². The summed E-state index contributed by atoms with van der Waals surface area (Å²) in [4.78, 5) is 43.0. The van der Waals surface area contributed by atoms with Crippen LogP contribution in [0.3, 0.4) is 0 Å². The molecule has 0 bridgehead atoms. The van der Waals surface area contributed by atoms with E-state index < -0.39 is 28.7 Å². The zero-order valence-electron chi connectivity index (χ0n) is 6.20. The molecule has 1 fully saturated rings. The van der Waals surface area contributed by atoms with Crippen molar-refractivity contribution in [3.8, 4) is 0 Å². The van der Waals surface area contributed by atoms with Crippen LogP contribution in [0.25, 0.3) is 0 Å². The molecule has 0 unspecified atom stereocenters. The molecule has 1 saturated heterocycles. The van der Waals surface area contributed by atoms with E-state index in [4.69, 9.17) is 0 Å². The molecule has 0 N–H and O–H groups in total. The van der Waals surface area contributed by atoms with Gasteiger partial charge in [-0.25, -0.2) is 11.8 Å². The molecule has 5 nitrogen and oxygen atoms in total. The molecule has 0 aliphatic carbocycles. The normalized spacial score (nSPS) is 18.5. The molecule has 1 heterocycles. The summed E-state index contributed by atoms with van der Waals surface area (Å²) in [7, 11) is 0. The predicted octanol–water partition coefficient (Wildman–Crippen LogP) is -2.35. The van der Waals surface area contributed by atoms with E-state index in [-0.39, 0.29) is 6.54 Å². The number of carbonyl (C=O) groups excluding carboxylic acids is 4. The summed E-state index contributed by atoms with van der Waals surface area (Å²) in [5.41, 5.74) is 0. The van der Waals surface area contributed by atoms with Gasteiger partial charge in [0.25, 0.3) is 6.29 Å². The minimum atomic E-state index is -1.04. The van der Waals surface area contributed by atoms with E-state index in [2.05, 4.69) is 0 Å². The first-order chi connectivity index (χ1) is 5.66. The lowest BCUT2D eigenvalue weighted by molar-refractivity contribution is -0.146. The first kappa shape index (κ1) is 8.92. The SMILES string of the molecule is O=[C]C(=O)N1CC[SH4]C(=O)C1=O. The van der Waals surface area contributed by atoms with Crippen LogP contribution in [0.4, 0.5) is 0 Å². The van der Waals surface area contributed by atoms with Gasteiger partial charge in [-0.3, -0.25) is 24.1 Å². The van der Waals surface area contributed by atoms with E-state index in [1.165, 1.54) is 0 Å². The largest absolute Gasteiger partial charge is 0.305 e. The van der Waals surface area contributed by atoms with Gasteiger partial charge in [0, 0.05) is 6.54 Å². The summed E-state index contributed by atoms with van der Waals surface area (Å²) in [5, 5.41) is -0.482. The Kier molecular flexibility index (Phi) is 2.59. The van der Waals surface area contributed by atoms with Crippen molar-refractivity contribution < 1.29 is 19.2 Å². The minimum absolute atomic E-state index is 0.199. The van der Waals surface area contributed by atoms with E-state index in [0.29, 0.717) is 10.7 Å². The van der Waals surface area contributed by atoms with Crippen LogP contribution in [-0.2, 0) is 19.2 Å². The third-order valence-electron chi connectivity index (χ3n) is 1.60. The van der Waals surface area contributed by atoms with Gasteiger partial charge in [-0.2, -0.15) is 0 Å². The average molecular weight is 190 g/mol. The molecule has 0 aromatic rings. The van der Waals surface area contributed by atoms with E-state index in [1.54, 1.807) is 0 Å². The number of hydrogen-bond donors (Lipinski definition) is 0. The number of hydrogen-bond acceptors (Lipinski definition) is 4. The van der Waals surface area contributed by atoms with Crippen LogP contribution in [0, 0.1) is 0 Å². The van der Waals surface area contributed by atoms with E-state index in [1.807, 2.05) is 0 Å². The summed E-state index contributed by atoms with van der Waals surface area (Å²) in [6, 6.07) is 0. The second kappa shape index (κ2) is 3.48. The fraction of sp³-hybridized carbons (Fsp3) is 0.333. The van der Waals surface area contributed by atoms with Crippen molar-refractivity contribution in [2.24, 2.45) is 0 Å².